The Hall–Kier alpha value is -2.44. The topological polar surface area (TPSA) is 98.2 Å². The first kappa shape index (κ1) is 19.3. The molecule has 2 aromatic heterocycles. The second-order valence-electron chi connectivity index (χ2n) is 7.44. The SMILES string of the molecule is O=C(O)CC(CCCC1CCCCC1)c1nc(CC(=O)n2cccc2)no1. The van der Waals surface area contributed by atoms with Crippen LogP contribution >= 0.6 is 0 Å². The van der Waals surface area contributed by atoms with E-state index in [9.17, 15) is 14.7 Å². The summed E-state index contributed by atoms with van der Waals surface area (Å²) in [7, 11) is 0. The molecule has 0 saturated heterocycles. The zero-order valence-electron chi connectivity index (χ0n) is 15.5. The van der Waals surface area contributed by atoms with E-state index in [1.807, 2.05) is 0 Å². The van der Waals surface area contributed by atoms with Gasteiger partial charge in [0.2, 0.25) is 11.8 Å². The standard InChI is InChI=1S/C20H27N3O4/c24-18(23-11-4-5-12-23)14-17-21-20(27-22-17)16(13-19(25)26)10-6-9-15-7-2-1-3-8-15/h4-5,11-12,15-16H,1-3,6-10,13-14H2,(H,25,26). The van der Waals surface area contributed by atoms with Crippen LogP contribution < -0.4 is 0 Å². The Kier molecular flexibility index (Phi) is 6.79. The van der Waals surface area contributed by atoms with Gasteiger partial charge in [-0.2, -0.15) is 4.98 Å². The summed E-state index contributed by atoms with van der Waals surface area (Å²) in [5.41, 5.74) is 0. The van der Waals surface area contributed by atoms with Gasteiger partial charge in [-0.15, -0.1) is 0 Å². The van der Waals surface area contributed by atoms with Crippen LogP contribution in [0, 0.1) is 5.92 Å². The van der Waals surface area contributed by atoms with E-state index in [0.717, 1.165) is 25.2 Å². The van der Waals surface area contributed by atoms with Crippen LogP contribution in [0.4, 0.5) is 0 Å². The van der Waals surface area contributed by atoms with Crippen molar-refractivity contribution < 1.29 is 19.2 Å². The molecule has 3 rings (SSSR count). The number of nitrogens with zero attached hydrogens (tertiary/aromatic N) is 3. The van der Waals surface area contributed by atoms with Gasteiger partial charge < -0.3 is 9.63 Å². The fourth-order valence-corrected chi connectivity index (χ4v) is 3.88. The van der Waals surface area contributed by atoms with Crippen LogP contribution in [0.25, 0.3) is 0 Å². The molecular formula is C20H27N3O4. The highest BCUT2D eigenvalue weighted by molar-refractivity contribution is 5.80. The summed E-state index contributed by atoms with van der Waals surface area (Å²) in [5, 5.41) is 13.1. The maximum absolute atomic E-state index is 12.1. The molecule has 2 aromatic rings. The molecule has 0 bridgehead atoms. The molecule has 0 amide bonds. The number of carboxylic acids is 1. The Labute approximate surface area is 158 Å². The predicted molar refractivity (Wildman–Crippen MR) is 98.5 cm³/mol. The van der Waals surface area contributed by atoms with Crippen molar-refractivity contribution in [3.63, 3.8) is 0 Å². The Morgan fingerprint density at radius 3 is 2.67 bits per heavy atom. The van der Waals surface area contributed by atoms with Crippen molar-refractivity contribution in [1.29, 1.82) is 0 Å². The first-order valence-corrected chi connectivity index (χ1v) is 9.82. The van der Waals surface area contributed by atoms with E-state index in [-0.39, 0.29) is 24.7 Å². The summed E-state index contributed by atoms with van der Waals surface area (Å²) in [4.78, 5) is 27.7. The lowest BCUT2D eigenvalue weighted by atomic mass is 9.84. The van der Waals surface area contributed by atoms with Gasteiger partial charge in [-0.05, 0) is 24.5 Å². The van der Waals surface area contributed by atoms with Crippen molar-refractivity contribution in [3.05, 3.63) is 36.2 Å². The van der Waals surface area contributed by atoms with Gasteiger partial charge in [0, 0.05) is 18.3 Å². The maximum atomic E-state index is 12.1. The number of carbonyl (C=O) groups excluding carboxylic acids is 1. The summed E-state index contributed by atoms with van der Waals surface area (Å²) in [5.74, 6) is 0.0682. The lowest BCUT2D eigenvalue weighted by molar-refractivity contribution is -0.137. The van der Waals surface area contributed by atoms with Crippen LogP contribution in [-0.4, -0.2) is 31.7 Å². The van der Waals surface area contributed by atoms with Crippen LogP contribution in [0.15, 0.2) is 29.0 Å². The first-order valence-electron chi connectivity index (χ1n) is 9.82. The average molecular weight is 373 g/mol. The van der Waals surface area contributed by atoms with Gasteiger partial charge in [-0.3, -0.25) is 14.2 Å². The van der Waals surface area contributed by atoms with Crippen molar-refractivity contribution >= 4 is 11.9 Å². The van der Waals surface area contributed by atoms with E-state index in [1.54, 1.807) is 24.5 Å². The fraction of sp³-hybridized carbons (Fsp3) is 0.600. The van der Waals surface area contributed by atoms with Crippen molar-refractivity contribution in [1.82, 2.24) is 14.7 Å². The molecule has 7 heteroatoms. The predicted octanol–water partition coefficient (Wildman–Crippen LogP) is 4.06. The number of hydrogen-bond acceptors (Lipinski definition) is 5. The third kappa shape index (κ3) is 5.77. The smallest absolute Gasteiger partial charge is 0.304 e. The second-order valence-corrected chi connectivity index (χ2v) is 7.44. The molecule has 0 aromatic carbocycles. The van der Waals surface area contributed by atoms with Gasteiger partial charge in [0.25, 0.3) is 0 Å². The van der Waals surface area contributed by atoms with Crippen LogP contribution in [-0.2, 0) is 11.2 Å². The van der Waals surface area contributed by atoms with E-state index in [4.69, 9.17) is 4.52 Å². The zero-order chi connectivity index (χ0) is 19.1. The number of hydrogen-bond donors (Lipinski definition) is 1. The van der Waals surface area contributed by atoms with Gasteiger partial charge in [-0.25, -0.2) is 0 Å². The molecule has 0 radical (unpaired) electrons. The lowest BCUT2D eigenvalue weighted by Crippen LogP contribution is -2.12. The summed E-state index contributed by atoms with van der Waals surface area (Å²) in [6.45, 7) is 0. The second kappa shape index (κ2) is 9.48. The summed E-state index contributed by atoms with van der Waals surface area (Å²) < 4.78 is 6.77. The van der Waals surface area contributed by atoms with E-state index in [0.29, 0.717) is 11.7 Å². The molecular weight excluding hydrogens is 346 g/mol. The van der Waals surface area contributed by atoms with Gasteiger partial charge in [0.05, 0.1) is 12.8 Å². The van der Waals surface area contributed by atoms with Crippen LogP contribution in [0.1, 0.15) is 80.2 Å². The van der Waals surface area contributed by atoms with Crippen molar-refractivity contribution in [2.75, 3.05) is 0 Å². The summed E-state index contributed by atoms with van der Waals surface area (Å²) in [6.07, 6.45) is 12.7. The Morgan fingerprint density at radius 1 is 1.22 bits per heavy atom. The van der Waals surface area contributed by atoms with E-state index >= 15 is 0 Å². The molecule has 1 aliphatic rings. The molecule has 7 nitrogen and oxygen atoms in total. The molecule has 0 spiro atoms. The highest BCUT2D eigenvalue weighted by Gasteiger charge is 2.23. The molecule has 146 valence electrons. The monoisotopic (exact) mass is 373 g/mol. The zero-order valence-corrected chi connectivity index (χ0v) is 15.5. The van der Waals surface area contributed by atoms with Crippen molar-refractivity contribution in [2.45, 2.75) is 70.1 Å². The minimum Gasteiger partial charge on any atom is -0.481 e. The maximum Gasteiger partial charge on any atom is 0.304 e. The van der Waals surface area contributed by atoms with E-state index in [2.05, 4.69) is 10.1 Å². The third-order valence-electron chi connectivity index (χ3n) is 5.35. The average Bonchev–Trinajstić information content (AvgIpc) is 3.33. The summed E-state index contributed by atoms with van der Waals surface area (Å²) in [6, 6.07) is 3.55. The van der Waals surface area contributed by atoms with Crippen LogP contribution in [0.5, 0.6) is 0 Å². The lowest BCUT2D eigenvalue weighted by Gasteiger charge is -2.21. The van der Waals surface area contributed by atoms with Crippen LogP contribution in [0.2, 0.25) is 0 Å². The molecule has 1 aliphatic carbocycles. The molecule has 1 N–H and O–H groups in total. The van der Waals surface area contributed by atoms with Gasteiger partial charge in [0.1, 0.15) is 0 Å². The Bertz CT molecular complexity index is 732. The van der Waals surface area contributed by atoms with Crippen molar-refractivity contribution in [2.24, 2.45) is 5.92 Å². The Balaban J connectivity index is 1.56. The molecule has 1 fully saturated rings. The largest absolute Gasteiger partial charge is 0.481 e. The fourth-order valence-electron chi connectivity index (χ4n) is 3.88. The van der Waals surface area contributed by atoms with Gasteiger partial charge >= 0.3 is 5.97 Å². The minimum atomic E-state index is -0.874. The molecule has 1 unspecified atom stereocenters. The first-order chi connectivity index (χ1) is 13.1. The third-order valence-corrected chi connectivity index (χ3v) is 5.35. The highest BCUT2D eigenvalue weighted by atomic mass is 16.5. The number of carboxylic acid groups (broad SMARTS) is 1. The number of aliphatic carboxylic acids is 1. The molecule has 2 heterocycles. The highest BCUT2D eigenvalue weighted by Crippen LogP contribution is 2.31. The van der Waals surface area contributed by atoms with Crippen molar-refractivity contribution in [3.8, 4) is 0 Å². The molecule has 27 heavy (non-hydrogen) atoms. The van der Waals surface area contributed by atoms with E-state index < -0.39 is 5.97 Å². The Morgan fingerprint density at radius 2 is 1.96 bits per heavy atom. The van der Waals surface area contributed by atoms with Gasteiger partial charge in [-0.1, -0.05) is 50.1 Å². The summed E-state index contributed by atoms with van der Waals surface area (Å²) >= 11 is 0. The van der Waals surface area contributed by atoms with Gasteiger partial charge in [0.15, 0.2) is 5.82 Å². The quantitative estimate of drug-likeness (QED) is 0.711. The number of aromatic nitrogens is 3. The number of rotatable bonds is 9. The number of carbonyl (C=O) groups is 2. The minimum absolute atomic E-state index is 0.0278. The molecule has 1 saturated carbocycles. The van der Waals surface area contributed by atoms with Crippen LogP contribution in [0.3, 0.4) is 0 Å². The normalized spacial score (nSPS) is 16.3. The molecule has 0 aliphatic heterocycles. The molecule has 1 atom stereocenters. The van der Waals surface area contributed by atoms with E-state index in [1.165, 1.54) is 36.7 Å².